The van der Waals surface area contributed by atoms with Gasteiger partial charge in [-0.15, -0.1) is 0 Å². The quantitative estimate of drug-likeness (QED) is 0.245. The lowest BCUT2D eigenvalue weighted by Crippen LogP contribution is -2.31. The molecule has 1 unspecified atom stereocenters. The van der Waals surface area contributed by atoms with E-state index in [9.17, 15) is 24.8 Å². The van der Waals surface area contributed by atoms with Crippen molar-refractivity contribution in [3.05, 3.63) is 80.4 Å². The maximum absolute atomic E-state index is 12.7. The number of halogens is 1. The normalized spacial score (nSPS) is 18.3. The standard InChI is InChI=1S/C20H17ClN2O6/c21-14-7-5-12(6-8-14)18(25)16-17(13-3-1-4-15(11-13)23(28)29)22(9-2-10-24)20(27)19(16)26/h1,3-8,11,17,24-25H,2,9-10H2/b18-16+. The number of nitro groups is 1. The number of ketones is 1. The van der Waals surface area contributed by atoms with Crippen LogP contribution in [-0.2, 0) is 9.59 Å². The number of Topliss-reactive ketones (excluding diaryl/α,β-unsaturated/α-hetero) is 1. The van der Waals surface area contributed by atoms with Crippen molar-refractivity contribution in [2.75, 3.05) is 13.2 Å². The molecule has 150 valence electrons. The number of rotatable bonds is 6. The second-order valence-corrected chi connectivity index (χ2v) is 6.87. The van der Waals surface area contributed by atoms with Crippen molar-refractivity contribution in [2.24, 2.45) is 0 Å². The zero-order valence-electron chi connectivity index (χ0n) is 15.1. The van der Waals surface area contributed by atoms with Crippen molar-refractivity contribution in [3.63, 3.8) is 0 Å². The third-order valence-corrected chi connectivity index (χ3v) is 4.86. The van der Waals surface area contributed by atoms with Gasteiger partial charge in [-0.25, -0.2) is 0 Å². The minimum atomic E-state index is -1.02. The van der Waals surface area contributed by atoms with Crippen LogP contribution in [0.2, 0.25) is 5.02 Å². The van der Waals surface area contributed by atoms with Crippen LogP contribution in [0.5, 0.6) is 0 Å². The summed E-state index contributed by atoms with van der Waals surface area (Å²) in [6.45, 7) is -0.159. The summed E-state index contributed by atoms with van der Waals surface area (Å²) in [5.74, 6) is -2.14. The second kappa shape index (κ2) is 8.42. The maximum atomic E-state index is 12.7. The second-order valence-electron chi connectivity index (χ2n) is 6.43. The van der Waals surface area contributed by atoms with Crippen LogP contribution in [0.25, 0.3) is 5.76 Å². The van der Waals surface area contributed by atoms with Crippen molar-refractivity contribution in [1.82, 2.24) is 4.90 Å². The molecule has 1 fully saturated rings. The van der Waals surface area contributed by atoms with E-state index in [1.807, 2.05) is 0 Å². The summed E-state index contributed by atoms with van der Waals surface area (Å²) in [4.78, 5) is 37.1. The van der Waals surface area contributed by atoms with Crippen molar-refractivity contribution in [1.29, 1.82) is 0 Å². The fourth-order valence-corrected chi connectivity index (χ4v) is 3.40. The van der Waals surface area contributed by atoms with E-state index in [0.717, 1.165) is 0 Å². The van der Waals surface area contributed by atoms with Crippen LogP contribution in [0.15, 0.2) is 54.1 Å². The number of carbonyl (C=O) groups is 2. The van der Waals surface area contributed by atoms with Crippen LogP contribution in [0.1, 0.15) is 23.6 Å². The number of amides is 1. The largest absolute Gasteiger partial charge is 0.507 e. The molecular formula is C20H17ClN2O6. The molecule has 0 spiro atoms. The first-order chi connectivity index (χ1) is 13.8. The zero-order chi connectivity index (χ0) is 21.1. The zero-order valence-corrected chi connectivity index (χ0v) is 15.9. The van der Waals surface area contributed by atoms with Gasteiger partial charge in [-0.1, -0.05) is 23.7 Å². The number of hydrogen-bond acceptors (Lipinski definition) is 6. The van der Waals surface area contributed by atoms with Crippen LogP contribution in [-0.4, -0.2) is 44.9 Å². The van der Waals surface area contributed by atoms with E-state index in [4.69, 9.17) is 16.7 Å². The Morgan fingerprint density at radius 3 is 2.48 bits per heavy atom. The highest BCUT2D eigenvalue weighted by atomic mass is 35.5. The molecule has 0 radical (unpaired) electrons. The molecule has 2 aromatic carbocycles. The van der Waals surface area contributed by atoms with Gasteiger partial charge in [0, 0.05) is 35.9 Å². The van der Waals surface area contributed by atoms with Crippen LogP contribution >= 0.6 is 11.6 Å². The molecule has 3 rings (SSSR count). The molecule has 0 bridgehead atoms. The topological polar surface area (TPSA) is 121 Å². The van der Waals surface area contributed by atoms with Crippen molar-refractivity contribution in [3.8, 4) is 0 Å². The van der Waals surface area contributed by atoms with Crippen LogP contribution in [0.3, 0.4) is 0 Å². The number of non-ortho nitro benzene ring substituents is 1. The van der Waals surface area contributed by atoms with Gasteiger partial charge in [0.1, 0.15) is 5.76 Å². The lowest BCUT2D eigenvalue weighted by Gasteiger charge is -2.25. The number of carbonyl (C=O) groups excluding carboxylic acids is 2. The fraction of sp³-hybridized carbons (Fsp3) is 0.200. The van der Waals surface area contributed by atoms with E-state index in [1.54, 1.807) is 6.07 Å². The molecule has 0 aromatic heterocycles. The Bertz CT molecular complexity index is 1000. The summed E-state index contributed by atoms with van der Waals surface area (Å²) in [6, 6.07) is 10.6. The van der Waals surface area contributed by atoms with Gasteiger partial charge in [0.25, 0.3) is 17.4 Å². The van der Waals surface area contributed by atoms with Crippen LogP contribution in [0.4, 0.5) is 5.69 Å². The summed E-state index contributed by atoms with van der Waals surface area (Å²) < 4.78 is 0. The highest BCUT2D eigenvalue weighted by Gasteiger charge is 2.46. The lowest BCUT2D eigenvalue weighted by atomic mass is 9.95. The average molecular weight is 417 g/mol. The Hall–Kier alpha value is -3.23. The minimum Gasteiger partial charge on any atom is -0.507 e. The Balaban J connectivity index is 2.18. The average Bonchev–Trinajstić information content (AvgIpc) is 2.97. The van der Waals surface area contributed by atoms with Crippen molar-refractivity contribution >= 4 is 34.7 Å². The van der Waals surface area contributed by atoms with Gasteiger partial charge in [-0.05, 0) is 36.2 Å². The van der Waals surface area contributed by atoms with E-state index < -0.39 is 28.4 Å². The van der Waals surface area contributed by atoms with Gasteiger partial charge in [-0.3, -0.25) is 19.7 Å². The molecule has 9 heteroatoms. The first kappa shape index (κ1) is 20.5. The SMILES string of the molecule is O=C1C(=O)N(CCCO)C(c2cccc([N+](=O)[O-])c2)/C1=C(\O)c1ccc(Cl)cc1. The molecule has 1 saturated heterocycles. The summed E-state index contributed by atoms with van der Waals surface area (Å²) in [5, 5.41) is 31.6. The predicted molar refractivity (Wildman–Crippen MR) is 105 cm³/mol. The van der Waals surface area contributed by atoms with E-state index >= 15 is 0 Å². The Kier molecular flexibility index (Phi) is 5.95. The molecular weight excluding hydrogens is 400 g/mol. The van der Waals surface area contributed by atoms with Crippen LogP contribution in [0, 0.1) is 10.1 Å². The van der Waals surface area contributed by atoms with Gasteiger partial charge in [0.05, 0.1) is 16.5 Å². The molecule has 0 aliphatic carbocycles. The molecule has 1 aliphatic heterocycles. The van der Waals surface area contributed by atoms with E-state index in [1.165, 1.54) is 47.4 Å². The molecule has 1 heterocycles. The van der Waals surface area contributed by atoms with E-state index in [-0.39, 0.29) is 36.4 Å². The van der Waals surface area contributed by atoms with Gasteiger partial charge in [0.2, 0.25) is 0 Å². The molecule has 1 amide bonds. The number of aliphatic hydroxyl groups is 2. The van der Waals surface area contributed by atoms with E-state index in [0.29, 0.717) is 10.6 Å². The number of hydrogen-bond donors (Lipinski definition) is 2. The molecule has 1 atom stereocenters. The van der Waals surface area contributed by atoms with Gasteiger partial charge in [-0.2, -0.15) is 0 Å². The summed E-state index contributed by atoms with van der Waals surface area (Å²) in [6.07, 6.45) is 0.208. The van der Waals surface area contributed by atoms with Gasteiger partial charge in [0.15, 0.2) is 0 Å². The number of aliphatic hydroxyl groups excluding tert-OH is 2. The number of benzene rings is 2. The van der Waals surface area contributed by atoms with Gasteiger partial charge < -0.3 is 15.1 Å². The summed E-state index contributed by atoms with van der Waals surface area (Å²) in [5.41, 5.74) is 0.217. The van der Waals surface area contributed by atoms with Crippen molar-refractivity contribution in [2.45, 2.75) is 12.5 Å². The van der Waals surface area contributed by atoms with Gasteiger partial charge >= 0.3 is 0 Å². The molecule has 8 nitrogen and oxygen atoms in total. The molecule has 2 N–H and O–H groups in total. The number of nitrogens with zero attached hydrogens (tertiary/aromatic N) is 2. The molecule has 0 saturated carbocycles. The van der Waals surface area contributed by atoms with E-state index in [2.05, 4.69) is 0 Å². The Morgan fingerprint density at radius 1 is 1.17 bits per heavy atom. The monoisotopic (exact) mass is 416 g/mol. The maximum Gasteiger partial charge on any atom is 0.295 e. The third-order valence-electron chi connectivity index (χ3n) is 4.61. The molecule has 2 aromatic rings. The smallest absolute Gasteiger partial charge is 0.295 e. The summed E-state index contributed by atoms with van der Waals surface area (Å²) >= 11 is 5.87. The predicted octanol–water partition coefficient (Wildman–Crippen LogP) is 3.05. The fourth-order valence-electron chi connectivity index (χ4n) is 3.27. The molecule has 29 heavy (non-hydrogen) atoms. The Labute approximate surface area is 170 Å². The third kappa shape index (κ3) is 3.98. The highest BCUT2D eigenvalue weighted by molar-refractivity contribution is 6.46. The first-order valence-electron chi connectivity index (χ1n) is 8.74. The number of likely N-dealkylation sites (tertiary alicyclic amines) is 1. The summed E-state index contributed by atoms with van der Waals surface area (Å²) in [7, 11) is 0. The number of nitro benzene ring substituents is 1. The minimum absolute atomic E-state index is 0.0475. The highest BCUT2D eigenvalue weighted by Crippen LogP contribution is 2.40. The molecule has 1 aliphatic rings. The lowest BCUT2D eigenvalue weighted by molar-refractivity contribution is -0.384. The van der Waals surface area contributed by atoms with Crippen LogP contribution < -0.4 is 0 Å². The van der Waals surface area contributed by atoms with Crippen molar-refractivity contribution < 1.29 is 24.7 Å². The first-order valence-corrected chi connectivity index (χ1v) is 9.12. The Morgan fingerprint density at radius 2 is 1.86 bits per heavy atom.